The van der Waals surface area contributed by atoms with Crippen LogP contribution in [0.4, 0.5) is 10.8 Å². The van der Waals surface area contributed by atoms with E-state index >= 15 is 0 Å². The predicted octanol–water partition coefficient (Wildman–Crippen LogP) is 2.41. The van der Waals surface area contributed by atoms with Crippen LogP contribution < -0.4 is 10.2 Å². The Morgan fingerprint density at radius 2 is 2.07 bits per heavy atom. The maximum atomic E-state index is 12.5. The Morgan fingerprint density at radius 3 is 2.74 bits per heavy atom. The van der Waals surface area contributed by atoms with Gasteiger partial charge in [-0.15, -0.1) is 11.3 Å². The summed E-state index contributed by atoms with van der Waals surface area (Å²) in [5, 5.41) is 4.86. The second kappa shape index (κ2) is 8.30. The molecule has 2 amide bonds. The van der Waals surface area contributed by atoms with E-state index in [0.29, 0.717) is 17.4 Å². The van der Waals surface area contributed by atoms with Crippen molar-refractivity contribution in [1.29, 1.82) is 0 Å². The lowest BCUT2D eigenvalue weighted by molar-refractivity contribution is -0.139. The number of aryl methyl sites for hydroxylation is 1. The third-order valence-electron chi connectivity index (χ3n) is 4.49. The number of esters is 1. The molecule has 1 saturated heterocycles. The Bertz CT molecular complexity index is 847. The van der Waals surface area contributed by atoms with E-state index in [1.165, 1.54) is 24.0 Å². The van der Waals surface area contributed by atoms with Gasteiger partial charge in [0.1, 0.15) is 0 Å². The van der Waals surface area contributed by atoms with Crippen LogP contribution in [0.5, 0.6) is 0 Å². The smallest absolute Gasteiger partial charge is 0.311 e. The number of thiazole rings is 1. The van der Waals surface area contributed by atoms with Crippen molar-refractivity contribution in [3.63, 3.8) is 0 Å². The third-order valence-corrected chi connectivity index (χ3v) is 5.29. The number of benzene rings is 1. The Morgan fingerprint density at radius 1 is 1.33 bits per heavy atom. The number of nitrogens with one attached hydrogen (secondary N) is 1. The van der Waals surface area contributed by atoms with E-state index in [1.807, 2.05) is 24.3 Å². The number of methoxy groups -OCH3 is 1. The molecule has 7 nitrogen and oxygen atoms in total. The van der Waals surface area contributed by atoms with Gasteiger partial charge in [-0.05, 0) is 24.1 Å². The third kappa shape index (κ3) is 4.51. The van der Waals surface area contributed by atoms with Crippen molar-refractivity contribution in [3.8, 4) is 0 Å². The molecule has 2 aromatic rings. The molecule has 3 rings (SSSR count). The van der Waals surface area contributed by atoms with Gasteiger partial charge in [0, 0.05) is 24.0 Å². The van der Waals surface area contributed by atoms with Crippen molar-refractivity contribution in [3.05, 3.63) is 40.9 Å². The number of amides is 2. The molecular weight excluding hydrogens is 366 g/mol. The summed E-state index contributed by atoms with van der Waals surface area (Å²) in [6, 6.07) is 7.82. The van der Waals surface area contributed by atoms with E-state index in [9.17, 15) is 14.4 Å². The minimum absolute atomic E-state index is 0.0618. The summed E-state index contributed by atoms with van der Waals surface area (Å²) in [6.45, 7) is 2.42. The largest absolute Gasteiger partial charge is 0.469 e. The Hall–Kier alpha value is -2.74. The lowest BCUT2D eigenvalue weighted by Gasteiger charge is -2.17. The number of nitrogens with zero attached hydrogens (tertiary/aromatic N) is 2. The molecule has 0 radical (unpaired) electrons. The zero-order valence-electron chi connectivity index (χ0n) is 15.2. The van der Waals surface area contributed by atoms with Gasteiger partial charge >= 0.3 is 5.97 Å². The van der Waals surface area contributed by atoms with Gasteiger partial charge in [0.25, 0.3) is 0 Å². The lowest BCUT2D eigenvalue weighted by Crippen LogP contribution is -2.28. The van der Waals surface area contributed by atoms with Gasteiger partial charge in [0.2, 0.25) is 11.8 Å². The standard InChI is InChI=1S/C19H21N3O4S/c1-3-12-4-6-15(7-5-12)22-10-13(8-16(22)23)18(25)21-19-20-14(11-27-19)9-17(24)26-2/h4-7,11,13H,3,8-10H2,1-2H3,(H,20,21,25). The average molecular weight is 387 g/mol. The fourth-order valence-electron chi connectivity index (χ4n) is 2.92. The second-order valence-corrected chi connectivity index (χ2v) is 7.17. The molecule has 1 aliphatic heterocycles. The summed E-state index contributed by atoms with van der Waals surface area (Å²) in [7, 11) is 1.32. The van der Waals surface area contributed by atoms with Crippen molar-refractivity contribution in [2.24, 2.45) is 5.92 Å². The number of carbonyl (C=O) groups excluding carboxylic acids is 3. The highest BCUT2D eigenvalue weighted by atomic mass is 32.1. The normalized spacial score (nSPS) is 16.4. The molecule has 27 heavy (non-hydrogen) atoms. The van der Waals surface area contributed by atoms with E-state index in [2.05, 4.69) is 22.0 Å². The minimum Gasteiger partial charge on any atom is -0.469 e. The van der Waals surface area contributed by atoms with Crippen LogP contribution in [-0.4, -0.2) is 36.4 Å². The summed E-state index contributed by atoms with van der Waals surface area (Å²) in [5.74, 6) is -1.12. The van der Waals surface area contributed by atoms with Crippen LogP contribution in [0.15, 0.2) is 29.6 Å². The van der Waals surface area contributed by atoms with E-state index in [4.69, 9.17) is 0 Å². The monoisotopic (exact) mass is 387 g/mol. The predicted molar refractivity (Wildman–Crippen MR) is 103 cm³/mol. The molecule has 1 aromatic heterocycles. The quantitative estimate of drug-likeness (QED) is 0.769. The number of anilines is 2. The van der Waals surface area contributed by atoms with Crippen LogP contribution >= 0.6 is 11.3 Å². The first kappa shape index (κ1) is 19.0. The Kier molecular flexibility index (Phi) is 5.85. The number of ether oxygens (including phenoxy) is 1. The van der Waals surface area contributed by atoms with Gasteiger partial charge in [0.05, 0.1) is 25.1 Å². The second-order valence-electron chi connectivity index (χ2n) is 6.31. The number of hydrogen-bond acceptors (Lipinski definition) is 6. The zero-order valence-corrected chi connectivity index (χ0v) is 16.0. The zero-order chi connectivity index (χ0) is 19.4. The highest BCUT2D eigenvalue weighted by molar-refractivity contribution is 7.13. The van der Waals surface area contributed by atoms with Gasteiger partial charge in [-0.3, -0.25) is 14.4 Å². The number of aromatic nitrogens is 1. The molecule has 0 spiro atoms. The molecule has 142 valence electrons. The van der Waals surface area contributed by atoms with Crippen LogP contribution in [0.2, 0.25) is 0 Å². The number of carbonyl (C=O) groups is 3. The molecule has 0 saturated carbocycles. The summed E-state index contributed by atoms with van der Waals surface area (Å²) in [5.41, 5.74) is 2.55. The fourth-order valence-corrected chi connectivity index (χ4v) is 3.63. The SMILES string of the molecule is CCc1ccc(N2CC(C(=O)Nc3nc(CC(=O)OC)cs3)CC2=O)cc1. The minimum atomic E-state index is -0.434. The topological polar surface area (TPSA) is 88.6 Å². The number of hydrogen-bond donors (Lipinski definition) is 1. The van der Waals surface area contributed by atoms with E-state index in [0.717, 1.165) is 12.1 Å². The lowest BCUT2D eigenvalue weighted by atomic mass is 10.1. The molecule has 8 heteroatoms. The van der Waals surface area contributed by atoms with Crippen LogP contribution in [-0.2, 0) is 32.0 Å². The summed E-state index contributed by atoms with van der Waals surface area (Å²) in [6.07, 6.45) is 1.17. The van der Waals surface area contributed by atoms with Crippen LogP contribution in [0.25, 0.3) is 0 Å². The molecule has 0 bridgehead atoms. The van der Waals surface area contributed by atoms with Crippen molar-refractivity contribution in [1.82, 2.24) is 4.98 Å². The molecule has 1 atom stereocenters. The molecule has 0 aliphatic carbocycles. The highest BCUT2D eigenvalue weighted by Crippen LogP contribution is 2.27. The van der Waals surface area contributed by atoms with Gasteiger partial charge < -0.3 is 15.0 Å². The molecule has 1 aromatic carbocycles. The molecule has 2 heterocycles. The van der Waals surface area contributed by atoms with Crippen LogP contribution in [0.1, 0.15) is 24.6 Å². The first-order chi connectivity index (χ1) is 13.0. The highest BCUT2D eigenvalue weighted by Gasteiger charge is 2.35. The Balaban J connectivity index is 1.61. The molecule has 1 aliphatic rings. The first-order valence-corrected chi connectivity index (χ1v) is 9.59. The van der Waals surface area contributed by atoms with Gasteiger partial charge in [-0.1, -0.05) is 19.1 Å². The van der Waals surface area contributed by atoms with Crippen molar-refractivity contribution < 1.29 is 19.1 Å². The fraction of sp³-hybridized carbons (Fsp3) is 0.368. The maximum Gasteiger partial charge on any atom is 0.311 e. The molecule has 1 unspecified atom stereocenters. The summed E-state index contributed by atoms with van der Waals surface area (Å²) < 4.78 is 4.60. The van der Waals surface area contributed by atoms with E-state index in [1.54, 1.807) is 10.3 Å². The van der Waals surface area contributed by atoms with Gasteiger partial charge in [-0.2, -0.15) is 0 Å². The van der Waals surface area contributed by atoms with Crippen LogP contribution in [0.3, 0.4) is 0 Å². The number of rotatable bonds is 6. The van der Waals surface area contributed by atoms with Crippen LogP contribution in [0, 0.1) is 5.92 Å². The molecule has 1 N–H and O–H groups in total. The summed E-state index contributed by atoms with van der Waals surface area (Å²) >= 11 is 1.24. The van der Waals surface area contributed by atoms with Gasteiger partial charge in [-0.25, -0.2) is 4.98 Å². The average Bonchev–Trinajstić information content (AvgIpc) is 3.28. The van der Waals surface area contributed by atoms with E-state index < -0.39 is 5.92 Å². The molecule has 1 fully saturated rings. The van der Waals surface area contributed by atoms with Crippen molar-refractivity contribution in [2.75, 3.05) is 23.9 Å². The summed E-state index contributed by atoms with van der Waals surface area (Å²) in [4.78, 5) is 42.0. The first-order valence-electron chi connectivity index (χ1n) is 8.71. The van der Waals surface area contributed by atoms with Crippen molar-refractivity contribution in [2.45, 2.75) is 26.2 Å². The van der Waals surface area contributed by atoms with Gasteiger partial charge in [0.15, 0.2) is 5.13 Å². The Labute approximate surface area is 161 Å². The van der Waals surface area contributed by atoms with Crippen molar-refractivity contribution >= 4 is 39.9 Å². The molecular formula is C19H21N3O4S. The van der Waals surface area contributed by atoms with E-state index in [-0.39, 0.29) is 30.6 Å². The maximum absolute atomic E-state index is 12.5.